The van der Waals surface area contributed by atoms with Crippen LogP contribution in [0.15, 0.2) is 42.5 Å². The number of halogens is 1. The molecule has 0 bridgehead atoms. The Balaban J connectivity index is 2.48. The van der Waals surface area contributed by atoms with Crippen molar-refractivity contribution in [3.63, 3.8) is 0 Å². The van der Waals surface area contributed by atoms with Crippen LogP contribution in [0, 0.1) is 13.8 Å². The van der Waals surface area contributed by atoms with E-state index in [1.54, 1.807) is 43.3 Å². The van der Waals surface area contributed by atoms with Gasteiger partial charge in [-0.2, -0.15) is 0 Å². The lowest BCUT2D eigenvalue weighted by atomic mass is 10.1. The molecule has 0 saturated heterocycles. The average molecular weight is 480 g/mol. The maximum absolute atomic E-state index is 13.5. The number of nitrogens with one attached hydrogen (secondary N) is 1. The SMILES string of the molecule is CC[C@H](C(=O)NC)N(Cc1ccccc1Cl)C(=O)CN(c1cc(C)cc(C)c1)S(C)(=O)=O. The van der Waals surface area contributed by atoms with Crippen LogP contribution in [-0.2, 0) is 26.2 Å². The number of sulfonamides is 1. The summed E-state index contributed by atoms with van der Waals surface area (Å²) in [5.41, 5.74) is 2.84. The molecule has 0 saturated carbocycles. The molecule has 0 aliphatic heterocycles. The summed E-state index contributed by atoms with van der Waals surface area (Å²) in [5.74, 6) is -0.824. The largest absolute Gasteiger partial charge is 0.357 e. The quantitative estimate of drug-likeness (QED) is 0.598. The fourth-order valence-electron chi connectivity index (χ4n) is 3.60. The van der Waals surface area contributed by atoms with Crippen LogP contribution in [0.5, 0.6) is 0 Å². The lowest BCUT2D eigenvalue weighted by Gasteiger charge is -2.32. The maximum atomic E-state index is 13.5. The average Bonchev–Trinajstić information content (AvgIpc) is 2.71. The van der Waals surface area contributed by atoms with E-state index in [9.17, 15) is 18.0 Å². The maximum Gasteiger partial charge on any atom is 0.244 e. The van der Waals surface area contributed by atoms with Crippen molar-refractivity contribution in [1.29, 1.82) is 0 Å². The van der Waals surface area contributed by atoms with Crippen LogP contribution in [0.25, 0.3) is 0 Å². The van der Waals surface area contributed by atoms with Crippen molar-refractivity contribution in [3.05, 3.63) is 64.2 Å². The van der Waals surface area contributed by atoms with Crippen LogP contribution >= 0.6 is 11.6 Å². The van der Waals surface area contributed by atoms with Crippen molar-refractivity contribution in [2.45, 2.75) is 39.8 Å². The third-order valence-electron chi connectivity index (χ3n) is 5.10. The van der Waals surface area contributed by atoms with Crippen molar-refractivity contribution in [2.75, 3.05) is 24.2 Å². The van der Waals surface area contributed by atoms with Crippen LogP contribution < -0.4 is 9.62 Å². The van der Waals surface area contributed by atoms with Crippen LogP contribution in [0.1, 0.15) is 30.0 Å². The highest BCUT2D eigenvalue weighted by molar-refractivity contribution is 7.92. The summed E-state index contributed by atoms with van der Waals surface area (Å²) in [7, 11) is -2.26. The van der Waals surface area contributed by atoms with Gasteiger partial charge in [0.1, 0.15) is 12.6 Å². The van der Waals surface area contributed by atoms with Crippen molar-refractivity contribution in [2.24, 2.45) is 0 Å². The van der Waals surface area contributed by atoms with Crippen molar-refractivity contribution in [1.82, 2.24) is 10.2 Å². The molecular formula is C23H30ClN3O4S. The second-order valence-corrected chi connectivity index (χ2v) is 10.1. The van der Waals surface area contributed by atoms with E-state index in [0.717, 1.165) is 21.7 Å². The molecule has 2 aromatic carbocycles. The summed E-state index contributed by atoms with van der Waals surface area (Å²) in [6.07, 6.45) is 1.42. The minimum absolute atomic E-state index is 0.0783. The number of aryl methyl sites for hydroxylation is 2. The minimum atomic E-state index is -3.76. The van der Waals surface area contributed by atoms with Gasteiger partial charge >= 0.3 is 0 Å². The topological polar surface area (TPSA) is 86.8 Å². The second kappa shape index (κ2) is 10.8. The second-order valence-electron chi connectivity index (χ2n) is 7.77. The highest BCUT2D eigenvalue weighted by atomic mass is 35.5. The van der Waals surface area contributed by atoms with Gasteiger partial charge < -0.3 is 10.2 Å². The van der Waals surface area contributed by atoms with Crippen molar-refractivity contribution >= 4 is 39.1 Å². The molecule has 2 aromatic rings. The molecule has 0 radical (unpaired) electrons. The Bertz CT molecular complexity index is 1070. The predicted octanol–water partition coefficient (Wildman–Crippen LogP) is 3.28. The summed E-state index contributed by atoms with van der Waals surface area (Å²) in [5, 5.41) is 3.05. The number of anilines is 1. The first-order valence-electron chi connectivity index (χ1n) is 10.3. The number of carbonyl (C=O) groups is 2. The first-order chi connectivity index (χ1) is 15.0. The van der Waals surface area contributed by atoms with E-state index in [0.29, 0.717) is 22.7 Å². The lowest BCUT2D eigenvalue weighted by molar-refractivity contribution is -0.140. The Hall–Kier alpha value is -2.58. The smallest absolute Gasteiger partial charge is 0.244 e. The normalized spacial score (nSPS) is 12.2. The molecule has 2 rings (SSSR count). The number of hydrogen-bond acceptors (Lipinski definition) is 4. The highest BCUT2D eigenvalue weighted by Crippen LogP contribution is 2.24. The first-order valence-corrected chi connectivity index (χ1v) is 12.5. The lowest BCUT2D eigenvalue weighted by Crippen LogP contribution is -2.51. The zero-order chi connectivity index (χ0) is 24.1. The molecule has 2 amide bonds. The minimum Gasteiger partial charge on any atom is -0.357 e. The van der Waals surface area contributed by atoms with Gasteiger partial charge in [-0.3, -0.25) is 13.9 Å². The van der Waals surface area contributed by atoms with Gasteiger partial charge in [-0.1, -0.05) is 42.8 Å². The fourth-order valence-corrected chi connectivity index (χ4v) is 4.63. The van der Waals surface area contributed by atoms with Crippen LogP contribution in [-0.4, -0.2) is 51.0 Å². The molecule has 0 aliphatic carbocycles. The molecule has 7 nitrogen and oxygen atoms in total. The number of rotatable bonds is 9. The molecule has 0 aromatic heterocycles. The van der Waals surface area contributed by atoms with Crippen LogP contribution in [0.2, 0.25) is 5.02 Å². The molecule has 0 spiro atoms. The number of carbonyl (C=O) groups excluding carboxylic acids is 2. The van der Waals surface area contributed by atoms with Gasteiger partial charge in [0, 0.05) is 18.6 Å². The van der Waals surface area contributed by atoms with E-state index in [1.165, 1.54) is 11.9 Å². The van der Waals surface area contributed by atoms with Crippen LogP contribution in [0.4, 0.5) is 5.69 Å². The third kappa shape index (κ3) is 6.46. The van der Waals surface area contributed by atoms with Gasteiger partial charge in [0.25, 0.3) is 0 Å². The molecular weight excluding hydrogens is 450 g/mol. The molecule has 0 heterocycles. The van der Waals surface area contributed by atoms with Crippen molar-refractivity contribution in [3.8, 4) is 0 Å². The van der Waals surface area contributed by atoms with E-state index in [-0.39, 0.29) is 12.5 Å². The summed E-state index contributed by atoms with van der Waals surface area (Å²) in [6.45, 7) is 5.17. The monoisotopic (exact) mass is 479 g/mol. The van der Waals surface area contributed by atoms with Crippen LogP contribution in [0.3, 0.4) is 0 Å². The number of likely N-dealkylation sites (N-methyl/N-ethyl adjacent to an activating group) is 1. The van der Waals surface area contributed by atoms with E-state index in [2.05, 4.69) is 5.32 Å². The van der Waals surface area contributed by atoms with E-state index in [1.807, 2.05) is 19.9 Å². The van der Waals surface area contributed by atoms with Gasteiger partial charge in [-0.15, -0.1) is 0 Å². The zero-order valence-electron chi connectivity index (χ0n) is 19.1. The van der Waals surface area contributed by atoms with E-state index in [4.69, 9.17) is 11.6 Å². The third-order valence-corrected chi connectivity index (χ3v) is 6.61. The van der Waals surface area contributed by atoms with Gasteiger partial charge in [0.2, 0.25) is 21.8 Å². The highest BCUT2D eigenvalue weighted by Gasteiger charge is 2.31. The zero-order valence-corrected chi connectivity index (χ0v) is 20.6. The molecule has 0 aliphatic rings. The molecule has 9 heteroatoms. The number of hydrogen-bond donors (Lipinski definition) is 1. The molecule has 174 valence electrons. The number of benzene rings is 2. The summed E-state index contributed by atoms with van der Waals surface area (Å²) >= 11 is 6.30. The Morgan fingerprint density at radius 3 is 2.19 bits per heavy atom. The molecule has 0 unspecified atom stereocenters. The summed E-state index contributed by atoms with van der Waals surface area (Å²) < 4.78 is 26.3. The molecule has 1 N–H and O–H groups in total. The van der Waals surface area contributed by atoms with Gasteiger partial charge in [0.15, 0.2) is 0 Å². The summed E-state index contributed by atoms with van der Waals surface area (Å²) in [4.78, 5) is 27.4. The van der Waals surface area contributed by atoms with Crippen molar-refractivity contribution < 1.29 is 18.0 Å². The predicted molar refractivity (Wildman–Crippen MR) is 128 cm³/mol. The fraction of sp³-hybridized carbons (Fsp3) is 0.391. The Kier molecular flexibility index (Phi) is 8.69. The Labute approximate surface area is 195 Å². The molecule has 32 heavy (non-hydrogen) atoms. The first kappa shape index (κ1) is 25.7. The standard InChI is InChI=1S/C23H30ClN3O4S/c1-6-21(23(29)25-4)26(14-18-9-7-8-10-20(18)24)22(28)15-27(32(5,30)31)19-12-16(2)11-17(3)13-19/h7-13,21H,6,14-15H2,1-5H3,(H,25,29)/t21-/m1/s1. The van der Waals surface area contributed by atoms with Gasteiger partial charge in [-0.25, -0.2) is 8.42 Å². The Morgan fingerprint density at radius 1 is 1.09 bits per heavy atom. The van der Waals surface area contributed by atoms with E-state index >= 15 is 0 Å². The number of amides is 2. The van der Waals surface area contributed by atoms with Gasteiger partial charge in [-0.05, 0) is 55.2 Å². The van der Waals surface area contributed by atoms with Gasteiger partial charge in [0.05, 0.1) is 11.9 Å². The summed E-state index contributed by atoms with van der Waals surface area (Å²) in [6, 6.07) is 11.6. The number of nitrogens with zero attached hydrogens (tertiary/aromatic N) is 2. The Morgan fingerprint density at radius 2 is 1.69 bits per heavy atom. The molecule has 0 fully saturated rings. The molecule has 1 atom stereocenters. The van der Waals surface area contributed by atoms with E-state index < -0.39 is 28.5 Å².